The lowest BCUT2D eigenvalue weighted by atomic mass is 9.93. The van der Waals surface area contributed by atoms with Crippen LogP contribution in [0.15, 0.2) is 21.9 Å². The summed E-state index contributed by atoms with van der Waals surface area (Å²) in [5, 5.41) is 0. The third-order valence-electron chi connectivity index (χ3n) is 2.95. The molecule has 1 aromatic heterocycles. The normalized spacial score (nSPS) is 14.9. The van der Waals surface area contributed by atoms with Gasteiger partial charge in [0.05, 0.1) is 0 Å². The lowest BCUT2D eigenvalue weighted by molar-refractivity contribution is 0.259. The number of hydrogen-bond donors (Lipinski definition) is 1. The molecule has 1 rings (SSSR count). The fraction of sp³-hybridized carbons (Fsp3) is 0.636. The molecular formula is C11H18N2O2. The first-order valence-corrected chi connectivity index (χ1v) is 5.36. The van der Waals surface area contributed by atoms with Crippen LogP contribution in [0.5, 0.6) is 0 Å². The van der Waals surface area contributed by atoms with Crippen LogP contribution in [0.2, 0.25) is 0 Å². The maximum absolute atomic E-state index is 11.7. The summed E-state index contributed by atoms with van der Waals surface area (Å²) < 4.78 is 1.33. The van der Waals surface area contributed by atoms with Gasteiger partial charge in [0.2, 0.25) is 0 Å². The largest absolute Gasteiger partial charge is 0.328 e. The van der Waals surface area contributed by atoms with E-state index in [0.29, 0.717) is 0 Å². The SMILES string of the molecule is CCCC(C)(CC)n1c(=O)cc[nH]c1=O. The van der Waals surface area contributed by atoms with Gasteiger partial charge in [0.1, 0.15) is 0 Å². The van der Waals surface area contributed by atoms with Crippen LogP contribution in [0.3, 0.4) is 0 Å². The summed E-state index contributed by atoms with van der Waals surface area (Å²) in [6, 6.07) is 1.39. The zero-order chi connectivity index (χ0) is 11.5. The Morgan fingerprint density at radius 2 is 2.07 bits per heavy atom. The molecule has 0 fully saturated rings. The molecule has 84 valence electrons. The Kier molecular flexibility index (Phi) is 3.50. The molecule has 0 spiro atoms. The first kappa shape index (κ1) is 11.8. The van der Waals surface area contributed by atoms with E-state index in [1.165, 1.54) is 16.8 Å². The van der Waals surface area contributed by atoms with Gasteiger partial charge in [0, 0.05) is 17.8 Å². The summed E-state index contributed by atoms with van der Waals surface area (Å²) in [5.74, 6) is 0. The van der Waals surface area contributed by atoms with Gasteiger partial charge in [-0.1, -0.05) is 20.3 Å². The Labute approximate surface area is 89.0 Å². The van der Waals surface area contributed by atoms with E-state index in [1.54, 1.807) is 0 Å². The van der Waals surface area contributed by atoms with E-state index in [4.69, 9.17) is 0 Å². The van der Waals surface area contributed by atoms with E-state index in [9.17, 15) is 9.59 Å². The van der Waals surface area contributed by atoms with Gasteiger partial charge in [-0.25, -0.2) is 4.79 Å². The van der Waals surface area contributed by atoms with Gasteiger partial charge in [-0.05, 0) is 19.8 Å². The van der Waals surface area contributed by atoms with Crippen molar-refractivity contribution in [1.29, 1.82) is 0 Å². The van der Waals surface area contributed by atoms with Crippen molar-refractivity contribution in [3.63, 3.8) is 0 Å². The Hall–Kier alpha value is -1.32. The second-order valence-corrected chi connectivity index (χ2v) is 4.06. The van der Waals surface area contributed by atoms with Crippen LogP contribution in [0, 0.1) is 0 Å². The first-order chi connectivity index (χ1) is 7.05. The highest BCUT2D eigenvalue weighted by Gasteiger charge is 2.26. The van der Waals surface area contributed by atoms with Crippen molar-refractivity contribution in [2.45, 2.75) is 45.6 Å². The second-order valence-electron chi connectivity index (χ2n) is 4.06. The lowest BCUT2D eigenvalue weighted by Gasteiger charge is -2.29. The summed E-state index contributed by atoms with van der Waals surface area (Å²) >= 11 is 0. The molecule has 0 radical (unpaired) electrons. The second kappa shape index (κ2) is 4.47. The molecule has 0 aromatic carbocycles. The molecule has 0 aliphatic rings. The molecule has 0 aliphatic heterocycles. The van der Waals surface area contributed by atoms with Crippen molar-refractivity contribution in [3.05, 3.63) is 33.1 Å². The van der Waals surface area contributed by atoms with E-state index in [-0.39, 0.29) is 16.8 Å². The Morgan fingerprint density at radius 3 is 2.53 bits per heavy atom. The van der Waals surface area contributed by atoms with Gasteiger partial charge in [-0.2, -0.15) is 0 Å². The maximum atomic E-state index is 11.7. The van der Waals surface area contributed by atoms with Gasteiger partial charge in [0.25, 0.3) is 5.56 Å². The topological polar surface area (TPSA) is 54.9 Å². The highest BCUT2D eigenvalue weighted by atomic mass is 16.2. The van der Waals surface area contributed by atoms with Gasteiger partial charge >= 0.3 is 5.69 Å². The van der Waals surface area contributed by atoms with Gasteiger partial charge in [-0.3, -0.25) is 9.36 Å². The molecule has 1 unspecified atom stereocenters. The summed E-state index contributed by atoms with van der Waals surface area (Å²) in [4.78, 5) is 25.8. The molecule has 4 heteroatoms. The monoisotopic (exact) mass is 210 g/mol. The van der Waals surface area contributed by atoms with Crippen molar-refractivity contribution in [2.75, 3.05) is 0 Å². The van der Waals surface area contributed by atoms with Gasteiger partial charge in [-0.15, -0.1) is 0 Å². The number of nitrogens with zero attached hydrogens (tertiary/aromatic N) is 1. The molecule has 0 saturated carbocycles. The molecule has 1 heterocycles. The van der Waals surface area contributed by atoms with Gasteiger partial charge < -0.3 is 4.98 Å². The molecule has 4 nitrogen and oxygen atoms in total. The predicted octanol–water partition coefficient (Wildman–Crippen LogP) is 1.46. The number of aromatic amines is 1. The van der Waals surface area contributed by atoms with Crippen molar-refractivity contribution in [2.24, 2.45) is 0 Å². The molecular weight excluding hydrogens is 192 g/mol. The quantitative estimate of drug-likeness (QED) is 0.818. The van der Waals surface area contributed by atoms with Crippen LogP contribution in [-0.4, -0.2) is 9.55 Å². The Balaban J connectivity index is 3.36. The smallest absolute Gasteiger partial charge is 0.314 e. The Morgan fingerprint density at radius 1 is 1.40 bits per heavy atom. The lowest BCUT2D eigenvalue weighted by Crippen LogP contribution is -2.47. The van der Waals surface area contributed by atoms with Crippen molar-refractivity contribution >= 4 is 0 Å². The van der Waals surface area contributed by atoms with Crippen LogP contribution in [0.1, 0.15) is 40.0 Å². The molecule has 1 N–H and O–H groups in total. The van der Waals surface area contributed by atoms with Crippen molar-refractivity contribution < 1.29 is 0 Å². The standard InChI is InChI=1S/C11H18N2O2/c1-4-7-11(3,5-2)13-9(14)6-8-12-10(13)15/h6,8H,4-5,7H2,1-3H3,(H,12,15). The number of aromatic nitrogens is 2. The van der Waals surface area contributed by atoms with Crippen LogP contribution in [-0.2, 0) is 5.54 Å². The summed E-state index contributed by atoms with van der Waals surface area (Å²) in [5.41, 5.74) is -0.919. The summed E-state index contributed by atoms with van der Waals surface area (Å²) in [6.45, 7) is 6.00. The zero-order valence-corrected chi connectivity index (χ0v) is 9.54. The molecule has 0 saturated heterocycles. The highest BCUT2D eigenvalue weighted by Crippen LogP contribution is 2.22. The van der Waals surface area contributed by atoms with E-state index < -0.39 is 0 Å². The molecule has 1 aromatic rings. The molecule has 0 bridgehead atoms. The van der Waals surface area contributed by atoms with Crippen LogP contribution in [0.25, 0.3) is 0 Å². The summed E-state index contributed by atoms with van der Waals surface area (Å²) in [7, 11) is 0. The third-order valence-corrected chi connectivity index (χ3v) is 2.95. The predicted molar refractivity (Wildman–Crippen MR) is 60.2 cm³/mol. The van der Waals surface area contributed by atoms with E-state index >= 15 is 0 Å². The van der Waals surface area contributed by atoms with E-state index in [0.717, 1.165) is 19.3 Å². The first-order valence-electron chi connectivity index (χ1n) is 5.36. The van der Waals surface area contributed by atoms with E-state index in [1.807, 2.05) is 13.8 Å². The van der Waals surface area contributed by atoms with Crippen LogP contribution >= 0.6 is 0 Å². The zero-order valence-electron chi connectivity index (χ0n) is 9.54. The fourth-order valence-corrected chi connectivity index (χ4v) is 1.92. The van der Waals surface area contributed by atoms with Crippen LogP contribution < -0.4 is 11.2 Å². The van der Waals surface area contributed by atoms with Gasteiger partial charge in [0.15, 0.2) is 0 Å². The summed E-state index contributed by atoms with van der Waals surface area (Å²) in [6.07, 6.45) is 3.94. The molecule has 0 amide bonds. The average molecular weight is 210 g/mol. The average Bonchev–Trinajstić information content (AvgIpc) is 2.18. The number of hydrogen-bond acceptors (Lipinski definition) is 2. The number of rotatable bonds is 4. The van der Waals surface area contributed by atoms with Crippen molar-refractivity contribution in [1.82, 2.24) is 9.55 Å². The third kappa shape index (κ3) is 2.19. The van der Waals surface area contributed by atoms with E-state index in [2.05, 4.69) is 11.9 Å². The minimum absolute atomic E-state index is 0.225. The Bertz CT molecular complexity index is 404. The van der Waals surface area contributed by atoms with Crippen molar-refractivity contribution in [3.8, 4) is 0 Å². The maximum Gasteiger partial charge on any atom is 0.328 e. The molecule has 15 heavy (non-hydrogen) atoms. The minimum Gasteiger partial charge on any atom is -0.314 e. The van der Waals surface area contributed by atoms with Crippen LogP contribution in [0.4, 0.5) is 0 Å². The number of nitrogens with one attached hydrogen (secondary N) is 1. The minimum atomic E-state index is -0.374. The molecule has 0 aliphatic carbocycles. The molecule has 1 atom stereocenters. The number of H-pyrrole nitrogens is 1. The highest BCUT2D eigenvalue weighted by molar-refractivity contribution is 4.91. The fourth-order valence-electron chi connectivity index (χ4n) is 1.92.